The lowest BCUT2D eigenvalue weighted by atomic mass is 10.1. The van der Waals surface area contributed by atoms with Gasteiger partial charge in [0.25, 0.3) is 5.91 Å². The predicted octanol–water partition coefficient (Wildman–Crippen LogP) is 3.09. The Kier molecular flexibility index (Phi) is 5.22. The van der Waals surface area contributed by atoms with Crippen molar-refractivity contribution in [1.29, 1.82) is 0 Å². The summed E-state index contributed by atoms with van der Waals surface area (Å²) in [6, 6.07) is 17.1. The average Bonchev–Trinajstić information content (AvgIpc) is 2.88. The molecule has 0 bridgehead atoms. The molecule has 0 saturated carbocycles. The van der Waals surface area contributed by atoms with Crippen molar-refractivity contribution >= 4 is 17.4 Å². The van der Waals surface area contributed by atoms with Gasteiger partial charge in [0, 0.05) is 11.8 Å². The molecule has 1 aliphatic heterocycles. The maximum Gasteiger partial charge on any atom is 0.264 e. The van der Waals surface area contributed by atoms with E-state index < -0.39 is 6.61 Å². The van der Waals surface area contributed by atoms with Crippen LogP contribution in [0.5, 0.6) is 17.4 Å². The summed E-state index contributed by atoms with van der Waals surface area (Å²) in [6.07, 6.45) is 1.58. The number of hydrogen-bond acceptors (Lipinski definition) is 6. The van der Waals surface area contributed by atoms with Gasteiger partial charge < -0.3 is 19.5 Å². The molecule has 2 heterocycles. The van der Waals surface area contributed by atoms with Gasteiger partial charge in [-0.25, -0.2) is 4.98 Å². The fourth-order valence-electron chi connectivity index (χ4n) is 3.07. The molecule has 0 atom stereocenters. The standard InChI is InChI=1S/C22H18N2O5/c25-14-19(26)15-7-9-16(10-8-15)28-13-12-24-18-5-1-2-6-20(18)29-21-17(22(24)27)4-3-11-23-21/h1-11,25H,12-14H2. The molecule has 29 heavy (non-hydrogen) atoms. The summed E-state index contributed by atoms with van der Waals surface area (Å²) in [6.45, 7) is 0.00289. The van der Waals surface area contributed by atoms with Crippen LogP contribution in [0.25, 0.3) is 0 Å². The first kappa shape index (κ1) is 18.6. The molecule has 0 unspecified atom stereocenters. The van der Waals surface area contributed by atoms with Crippen molar-refractivity contribution in [2.45, 2.75) is 0 Å². The zero-order valence-corrected chi connectivity index (χ0v) is 15.4. The van der Waals surface area contributed by atoms with Crippen molar-refractivity contribution in [2.24, 2.45) is 0 Å². The van der Waals surface area contributed by atoms with E-state index in [4.69, 9.17) is 14.6 Å². The molecule has 0 spiro atoms. The summed E-state index contributed by atoms with van der Waals surface area (Å²) in [5.74, 6) is 0.817. The fraction of sp³-hybridized carbons (Fsp3) is 0.136. The number of para-hydroxylation sites is 2. The lowest BCUT2D eigenvalue weighted by molar-refractivity contribution is 0.0903. The number of amides is 1. The largest absolute Gasteiger partial charge is 0.492 e. The summed E-state index contributed by atoms with van der Waals surface area (Å²) in [5.41, 5.74) is 1.44. The second kappa shape index (κ2) is 8.12. The summed E-state index contributed by atoms with van der Waals surface area (Å²) in [5, 5.41) is 8.91. The summed E-state index contributed by atoms with van der Waals surface area (Å²) in [4.78, 5) is 30.3. The van der Waals surface area contributed by atoms with Gasteiger partial charge in [0.05, 0.1) is 12.2 Å². The van der Waals surface area contributed by atoms with Crippen LogP contribution >= 0.6 is 0 Å². The number of carbonyl (C=O) groups is 2. The van der Waals surface area contributed by atoms with Gasteiger partial charge in [-0.15, -0.1) is 0 Å². The Morgan fingerprint density at radius 2 is 1.86 bits per heavy atom. The van der Waals surface area contributed by atoms with Crippen LogP contribution in [-0.4, -0.2) is 41.5 Å². The van der Waals surface area contributed by atoms with Gasteiger partial charge in [-0.3, -0.25) is 9.59 Å². The molecule has 7 heteroatoms. The summed E-state index contributed by atoms with van der Waals surface area (Å²) < 4.78 is 11.6. The molecule has 0 fully saturated rings. The predicted molar refractivity (Wildman–Crippen MR) is 106 cm³/mol. The minimum absolute atomic E-state index is 0.217. The Bertz CT molecular complexity index is 1050. The highest BCUT2D eigenvalue weighted by Crippen LogP contribution is 2.37. The normalized spacial score (nSPS) is 12.4. The Balaban J connectivity index is 1.52. The van der Waals surface area contributed by atoms with Crippen molar-refractivity contribution in [2.75, 3.05) is 24.7 Å². The van der Waals surface area contributed by atoms with Gasteiger partial charge in [-0.2, -0.15) is 0 Å². The van der Waals surface area contributed by atoms with Crippen LogP contribution in [-0.2, 0) is 0 Å². The second-order valence-corrected chi connectivity index (χ2v) is 6.34. The van der Waals surface area contributed by atoms with E-state index >= 15 is 0 Å². The first-order chi connectivity index (χ1) is 14.2. The van der Waals surface area contributed by atoms with Crippen LogP contribution in [0, 0.1) is 0 Å². The number of Topliss-reactive ketones (excluding diaryl/α,β-unsaturated/α-hetero) is 1. The molecule has 1 amide bonds. The molecule has 1 aliphatic rings. The smallest absolute Gasteiger partial charge is 0.264 e. The number of carbonyl (C=O) groups excluding carboxylic acids is 2. The van der Waals surface area contributed by atoms with E-state index in [9.17, 15) is 9.59 Å². The van der Waals surface area contributed by atoms with Crippen molar-refractivity contribution in [3.63, 3.8) is 0 Å². The Morgan fingerprint density at radius 1 is 1.07 bits per heavy atom. The molecular weight excluding hydrogens is 372 g/mol. The minimum atomic E-state index is -0.533. The average molecular weight is 390 g/mol. The third kappa shape index (κ3) is 3.81. The van der Waals surface area contributed by atoms with Gasteiger partial charge in [0.1, 0.15) is 24.5 Å². The van der Waals surface area contributed by atoms with E-state index in [1.54, 1.807) is 53.6 Å². The van der Waals surface area contributed by atoms with E-state index in [0.717, 1.165) is 0 Å². The first-order valence-corrected chi connectivity index (χ1v) is 9.08. The molecule has 2 aromatic carbocycles. The van der Waals surface area contributed by atoms with E-state index in [1.807, 2.05) is 18.2 Å². The maximum atomic E-state index is 13.1. The van der Waals surface area contributed by atoms with E-state index in [0.29, 0.717) is 34.9 Å². The lowest BCUT2D eigenvalue weighted by Gasteiger charge is -2.22. The number of rotatable bonds is 6. The molecule has 4 rings (SSSR count). The number of anilines is 1. The van der Waals surface area contributed by atoms with Gasteiger partial charge >= 0.3 is 0 Å². The molecule has 0 aliphatic carbocycles. The van der Waals surface area contributed by atoms with E-state index in [1.165, 1.54) is 0 Å². The molecule has 1 aromatic heterocycles. The van der Waals surface area contributed by atoms with Crippen molar-refractivity contribution in [1.82, 2.24) is 4.98 Å². The zero-order valence-electron chi connectivity index (χ0n) is 15.4. The van der Waals surface area contributed by atoms with Crippen LogP contribution in [0.1, 0.15) is 20.7 Å². The Hall–Kier alpha value is -3.71. The SMILES string of the molecule is O=C(CO)c1ccc(OCCN2C(=O)c3cccnc3Oc3ccccc32)cc1. The number of pyridine rings is 1. The molecule has 0 radical (unpaired) electrons. The van der Waals surface area contributed by atoms with Crippen LogP contribution in [0.2, 0.25) is 0 Å². The van der Waals surface area contributed by atoms with Crippen LogP contribution in [0.15, 0.2) is 66.9 Å². The van der Waals surface area contributed by atoms with Crippen molar-refractivity contribution < 1.29 is 24.2 Å². The van der Waals surface area contributed by atoms with Gasteiger partial charge in [0.15, 0.2) is 11.5 Å². The number of ether oxygens (including phenoxy) is 2. The highest BCUT2D eigenvalue weighted by Gasteiger charge is 2.28. The van der Waals surface area contributed by atoms with Crippen LogP contribution < -0.4 is 14.4 Å². The zero-order chi connectivity index (χ0) is 20.2. The number of ketones is 1. The quantitative estimate of drug-likeness (QED) is 0.651. The maximum absolute atomic E-state index is 13.1. The van der Waals surface area contributed by atoms with Crippen molar-refractivity contribution in [3.8, 4) is 17.4 Å². The number of nitrogens with zero attached hydrogens (tertiary/aromatic N) is 2. The summed E-state index contributed by atoms with van der Waals surface area (Å²) in [7, 11) is 0. The highest BCUT2D eigenvalue weighted by atomic mass is 16.5. The number of benzene rings is 2. The van der Waals surface area contributed by atoms with Gasteiger partial charge in [0.2, 0.25) is 5.88 Å². The molecule has 146 valence electrons. The topological polar surface area (TPSA) is 89.0 Å². The van der Waals surface area contributed by atoms with Gasteiger partial charge in [-0.05, 0) is 48.5 Å². The molecular formula is C22H18N2O5. The monoisotopic (exact) mass is 390 g/mol. The third-order valence-corrected chi connectivity index (χ3v) is 4.51. The number of aromatic nitrogens is 1. The summed E-state index contributed by atoms with van der Waals surface area (Å²) >= 11 is 0. The number of fused-ring (bicyclic) bond motifs is 2. The minimum Gasteiger partial charge on any atom is -0.492 e. The second-order valence-electron chi connectivity index (χ2n) is 6.34. The third-order valence-electron chi connectivity index (χ3n) is 4.51. The van der Waals surface area contributed by atoms with Crippen LogP contribution in [0.3, 0.4) is 0 Å². The van der Waals surface area contributed by atoms with E-state index in [2.05, 4.69) is 4.98 Å². The first-order valence-electron chi connectivity index (χ1n) is 9.08. The Labute approximate surface area is 167 Å². The lowest BCUT2D eigenvalue weighted by Crippen LogP contribution is -2.34. The number of aliphatic hydroxyl groups excluding tert-OH is 1. The molecule has 7 nitrogen and oxygen atoms in total. The number of aliphatic hydroxyl groups is 1. The van der Waals surface area contributed by atoms with Gasteiger partial charge in [-0.1, -0.05) is 12.1 Å². The highest BCUT2D eigenvalue weighted by molar-refractivity contribution is 6.09. The number of hydrogen-bond donors (Lipinski definition) is 1. The van der Waals surface area contributed by atoms with Crippen LogP contribution in [0.4, 0.5) is 5.69 Å². The molecule has 1 N–H and O–H groups in total. The van der Waals surface area contributed by atoms with E-state index in [-0.39, 0.29) is 24.2 Å². The molecule has 0 saturated heterocycles. The fourth-order valence-corrected chi connectivity index (χ4v) is 3.07. The molecule has 3 aromatic rings. The van der Waals surface area contributed by atoms with Crippen molar-refractivity contribution in [3.05, 3.63) is 78.0 Å². The Morgan fingerprint density at radius 3 is 2.66 bits per heavy atom.